The van der Waals surface area contributed by atoms with Crippen molar-refractivity contribution in [3.05, 3.63) is 35.4 Å². The van der Waals surface area contributed by atoms with Gasteiger partial charge in [-0.3, -0.25) is 9.59 Å². The van der Waals surface area contributed by atoms with Crippen molar-refractivity contribution in [1.29, 1.82) is 0 Å². The average molecular weight is 357 g/mol. The second kappa shape index (κ2) is 8.21. The number of piperidine rings is 1. The van der Waals surface area contributed by atoms with Gasteiger partial charge < -0.3 is 15.1 Å². The smallest absolute Gasteiger partial charge is 0.230 e. The third kappa shape index (κ3) is 4.26. The number of amides is 2. The molecule has 2 heterocycles. The molecular weight excluding hydrogens is 326 g/mol. The Morgan fingerprint density at radius 1 is 1.27 bits per heavy atom. The minimum atomic E-state index is -0.233. The van der Waals surface area contributed by atoms with Crippen molar-refractivity contribution in [1.82, 2.24) is 15.1 Å². The fraction of sp³-hybridized carbons (Fsp3) is 0.619. The zero-order chi connectivity index (χ0) is 18.6. The number of hydrogen-bond acceptors (Lipinski definition) is 3. The normalized spacial score (nSPS) is 23.6. The molecule has 2 saturated heterocycles. The fourth-order valence-electron chi connectivity index (χ4n) is 4.41. The Morgan fingerprint density at radius 2 is 2.12 bits per heavy atom. The van der Waals surface area contributed by atoms with E-state index in [1.165, 1.54) is 11.1 Å². The van der Waals surface area contributed by atoms with Crippen LogP contribution in [0, 0.1) is 12.3 Å². The van der Waals surface area contributed by atoms with Crippen LogP contribution in [0.5, 0.6) is 0 Å². The Kier molecular flexibility index (Phi) is 5.97. The van der Waals surface area contributed by atoms with Crippen LogP contribution in [0.3, 0.4) is 0 Å². The molecule has 142 valence electrons. The molecule has 0 aliphatic carbocycles. The maximum absolute atomic E-state index is 13.2. The van der Waals surface area contributed by atoms with E-state index < -0.39 is 0 Å². The second-order valence-corrected chi connectivity index (χ2v) is 7.83. The lowest BCUT2D eigenvalue weighted by Gasteiger charge is -2.39. The average Bonchev–Trinajstić information content (AvgIpc) is 3.02. The van der Waals surface area contributed by atoms with Gasteiger partial charge in [-0.05, 0) is 45.2 Å². The van der Waals surface area contributed by atoms with Crippen molar-refractivity contribution in [2.24, 2.45) is 5.41 Å². The summed E-state index contributed by atoms with van der Waals surface area (Å²) < 4.78 is 0. The molecule has 1 aromatic rings. The van der Waals surface area contributed by atoms with Crippen LogP contribution in [0.15, 0.2) is 24.3 Å². The summed E-state index contributed by atoms with van der Waals surface area (Å²) in [7, 11) is 0. The Hall–Kier alpha value is -1.88. The van der Waals surface area contributed by atoms with Gasteiger partial charge in [0, 0.05) is 39.1 Å². The van der Waals surface area contributed by atoms with Crippen LogP contribution in [0.25, 0.3) is 0 Å². The number of nitrogens with zero attached hydrogens (tertiary/aromatic N) is 2. The zero-order valence-electron chi connectivity index (χ0n) is 16.1. The van der Waals surface area contributed by atoms with Gasteiger partial charge in [-0.25, -0.2) is 0 Å². The van der Waals surface area contributed by atoms with Gasteiger partial charge in [0.2, 0.25) is 11.8 Å². The minimum Gasteiger partial charge on any atom is -0.356 e. The van der Waals surface area contributed by atoms with Crippen LogP contribution in [-0.4, -0.2) is 54.3 Å². The third-order valence-corrected chi connectivity index (χ3v) is 5.74. The molecule has 2 amide bonds. The summed E-state index contributed by atoms with van der Waals surface area (Å²) in [5.41, 5.74) is 2.21. The van der Waals surface area contributed by atoms with Crippen LogP contribution >= 0.6 is 0 Å². The zero-order valence-corrected chi connectivity index (χ0v) is 16.1. The number of rotatable bonds is 6. The number of carbonyl (C=O) groups is 2. The van der Waals surface area contributed by atoms with Gasteiger partial charge in [0.15, 0.2) is 0 Å². The van der Waals surface area contributed by atoms with Crippen molar-refractivity contribution < 1.29 is 9.59 Å². The predicted molar refractivity (Wildman–Crippen MR) is 103 cm³/mol. The molecule has 0 unspecified atom stereocenters. The van der Waals surface area contributed by atoms with Crippen LogP contribution in [0.4, 0.5) is 0 Å². The predicted octanol–water partition coefficient (Wildman–Crippen LogP) is 2.34. The van der Waals surface area contributed by atoms with Crippen molar-refractivity contribution >= 4 is 11.8 Å². The Labute approximate surface area is 156 Å². The molecule has 1 N–H and O–H groups in total. The summed E-state index contributed by atoms with van der Waals surface area (Å²) in [4.78, 5) is 29.3. The molecular formula is C21H31N3O2. The highest BCUT2D eigenvalue weighted by Gasteiger charge is 2.48. The minimum absolute atomic E-state index is 0.101. The first-order chi connectivity index (χ1) is 12.5. The monoisotopic (exact) mass is 357 g/mol. The molecule has 2 aliphatic rings. The lowest BCUT2D eigenvalue weighted by Crippen LogP contribution is -2.49. The number of aryl methyl sites for hydroxylation is 1. The molecule has 1 aromatic carbocycles. The van der Waals surface area contributed by atoms with E-state index in [0.717, 1.165) is 45.4 Å². The maximum atomic E-state index is 13.2. The van der Waals surface area contributed by atoms with Crippen LogP contribution in [-0.2, 0) is 16.1 Å². The molecule has 3 rings (SSSR count). The highest BCUT2D eigenvalue weighted by Crippen LogP contribution is 2.40. The van der Waals surface area contributed by atoms with Crippen LogP contribution < -0.4 is 5.32 Å². The quantitative estimate of drug-likeness (QED) is 0.850. The third-order valence-electron chi connectivity index (χ3n) is 5.74. The molecule has 0 saturated carbocycles. The lowest BCUT2D eigenvalue weighted by atomic mass is 9.78. The summed E-state index contributed by atoms with van der Waals surface area (Å²) in [6, 6.07) is 8.43. The molecule has 2 aliphatic heterocycles. The van der Waals surface area contributed by atoms with E-state index in [1.807, 2.05) is 11.8 Å². The highest BCUT2D eigenvalue weighted by atomic mass is 16.2. The molecule has 0 radical (unpaired) electrons. The van der Waals surface area contributed by atoms with Crippen molar-refractivity contribution in [2.75, 3.05) is 32.7 Å². The number of carbonyl (C=O) groups excluding carboxylic acids is 2. The van der Waals surface area contributed by atoms with Crippen LogP contribution in [0.1, 0.15) is 43.7 Å². The summed E-state index contributed by atoms with van der Waals surface area (Å²) >= 11 is 0. The highest BCUT2D eigenvalue weighted by molar-refractivity contribution is 5.84. The molecule has 5 heteroatoms. The summed E-state index contributed by atoms with van der Waals surface area (Å²) in [5.74, 6) is 0.412. The van der Waals surface area contributed by atoms with E-state index in [9.17, 15) is 9.59 Å². The molecule has 1 spiro atoms. The standard InChI is InChI=1S/C21H31N3O2/c1-3-22-19(25)8-12-23-13-10-21(16-23)9-5-11-24(20(21)26)15-18-7-4-6-17(2)14-18/h4,6-7,14H,3,5,8-13,15-16H2,1-2H3,(H,22,25)/t21-/m0/s1. The molecule has 1 atom stereocenters. The fourth-order valence-corrected chi connectivity index (χ4v) is 4.41. The Balaban J connectivity index is 1.59. The van der Waals surface area contributed by atoms with Gasteiger partial charge in [0.1, 0.15) is 0 Å². The second-order valence-electron chi connectivity index (χ2n) is 7.83. The van der Waals surface area contributed by atoms with Crippen molar-refractivity contribution in [2.45, 2.75) is 46.1 Å². The van der Waals surface area contributed by atoms with Gasteiger partial charge in [0.25, 0.3) is 0 Å². The van der Waals surface area contributed by atoms with Gasteiger partial charge in [-0.2, -0.15) is 0 Å². The number of benzene rings is 1. The number of hydrogen-bond donors (Lipinski definition) is 1. The molecule has 2 fully saturated rings. The summed E-state index contributed by atoms with van der Waals surface area (Å²) in [6.45, 7) is 8.74. The topological polar surface area (TPSA) is 52.7 Å². The van der Waals surface area contributed by atoms with Crippen molar-refractivity contribution in [3.8, 4) is 0 Å². The number of likely N-dealkylation sites (tertiary alicyclic amines) is 2. The Morgan fingerprint density at radius 3 is 2.88 bits per heavy atom. The van der Waals surface area contributed by atoms with E-state index in [2.05, 4.69) is 41.4 Å². The molecule has 0 bridgehead atoms. The van der Waals surface area contributed by atoms with Crippen LogP contribution in [0.2, 0.25) is 0 Å². The van der Waals surface area contributed by atoms with E-state index >= 15 is 0 Å². The SMILES string of the molecule is CCNC(=O)CCN1CC[C@@]2(CCCN(Cc3cccc(C)c3)C2=O)C1. The van der Waals surface area contributed by atoms with E-state index in [1.54, 1.807) is 0 Å². The molecule has 0 aromatic heterocycles. The first-order valence-electron chi connectivity index (χ1n) is 9.86. The molecule has 26 heavy (non-hydrogen) atoms. The first kappa shape index (κ1) is 18.9. The van der Waals surface area contributed by atoms with E-state index in [4.69, 9.17) is 0 Å². The summed E-state index contributed by atoms with van der Waals surface area (Å²) in [6.07, 6.45) is 3.49. The first-order valence-corrected chi connectivity index (χ1v) is 9.86. The maximum Gasteiger partial charge on any atom is 0.230 e. The van der Waals surface area contributed by atoms with E-state index in [-0.39, 0.29) is 11.3 Å². The van der Waals surface area contributed by atoms with Gasteiger partial charge >= 0.3 is 0 Å². The number of nitrogens with one attached hydrogen (secondary N) is 1. The van der Waals surface area contributed by atoms with E-state index in [0.29, 0.717) is 25.4 Å². The van der Waals surface area contributed by atoms with Crippen molar-refractivity contribution in [3.63, 3.8) is 0 Å². The summed E-state index contributed by atoms with van der Waals surface area (Å²) in [5, 5.41) is 2.85. The van der Waals surface area contributed by atoms with Gasteiger partial charge in [0.05, 0.1) is 5.41 Å². The molecule has 5 nitrogen and oxygen atoms in total. The van der Waals surface area contributed by atoms with Gasteiger partial charge in [-0.1, -0.05) is 29.8 Å². The van der Waals surface area contributed by atoms with Gasteiger partial charge in [-0.15, -0.1) is 0 Å². The largest absolute Gasteiger partial charge is 0.356 e. The lowest BCUT2D eigenvalue weighted by molar-refractivity contribution is -0.146. The Bertz CT molecular complexity index is 660.